The molecule has 0 fully saturated rings. The van der Waals surface area contributed by atoms with Gasteiger partial charge in [-0.25, -0.2) is 0 Å². The van der Waals surface area contributed by atoms with Crippen LogP contribution in [0.5, 0.6) is 0 Å². The molecule has 21 heavy (non-hydrogen) atoms. The molecule has 0 aliphatic carbocycles. The van der Waals surface area contributed by atoms with E-state index in [4.69, 9.17) is 4.74 Å². The highest BCUT2D eigenvalue weighted by atomic mass is 28.3. The van der Waals surface area contributed by atoms with E-state index in [0.29, 0.717) is 19.4 Å². The number of hydrogen-bond donors (Lipinski definition) is 0. The van der Waals surface area contributed by atoms with Crippen molar-refractivity contribution in [3.8, 4) is 11.5 Å². The average molecular weight is 302 g/mol. The fourth-order valence-electron chi connectivity index (χ4n) is 2.06. The van der Waals surface area contributed by atoms with Gasteiger partial charge in [-0.05, 0) is 25.8 Å². The van der Waals surface area contributed by atoms with E-state index in [9.17, 15) is 4.79 Å². The Kier molecular flexibility index (Phi) is 6.23. The summed E-state index contributed by atoms with van der Waals surface area (Å²) in [5.74, 6) is 3.08. The largest absolute Gasteiger partial charge is 0.466 e. The van der Waals surface area contributed by atoms with Gasteiger partial charge in [0, 0.05) is 6.42 Å². The second-order valence-electron chi connectivity index (χ2n) is 6.67. The molecule has 0 aliphatic heterocycles. The first-order chi connectivity index (χ1) is 9.77. The SMILES string of the molecule is CCOC(=O)C(C)(CC#C[Si](C)(C)C)Cc1ccccc1. The summed E-state index contributed by atoms with van der Waals surface area (Å²) in [6.07, 6.45) is 1.21. The van der Waals surface area contributed by atoms with E-state index in [0.717, 1.165) is 5.56 Å². The monoisotopic (exact) mass is 302 g/mol. The van der Waals surface area contributed by atoms with Crippen LogP contribution in [0.25, 0.3) is 0 Å². The summed E-state index contributed by atoms with van der Waals surface area (Å²) in [4.78, 5) is 12.3. The highest BCUT2D eigenvalue weighted by Crippen LogP contribution is 2.28. The first kappa shape index (κ1) is 17.5. The third-order valence-corrected chi connectivity index (χ3v) is 4.07. The minimum atomic E-state index is -1.42. The quantitative estimate of drug-likeness (QED) is 0.465. The van der Waals surface area contributed by atoms with E-state index < -0.39 is 13.5 Å². The lowest BCUT2D eigenvalue weighted by Crippen LogP contribution is -2.32. The van der Waals surface area contributed by atoms with Gasteiger partial charge in [0.1, 0.15) is 8.07 Å². The molecule has 1 aromatic rings. The number of hydrogen-bond acceptors (Lipinski definition) is 2. The minimum Gasteiger partial charge on any atom is -0.466 e. The van der Waals surface area contributed by atoms with Crippen LogP contribution in [0.1, 0.15) is 25.8 Å². The number of carbonyl (C=O) groups excluding carboxylic acids is 1. The second-order valence-corrected chi connectivity index (χ2v) is 11.4. The highest BCUT2D eigenvalue weighted by molar-refractivity contribution is 6.83. The summed E-state index contributed by atoms with van der Waals surface area (Å²) in [5.41, 5.74) is 3.90. The maximum atomic E-state index is 12.3. The summed E-state index contributed by atoms with van der Waals surface area (Å²) >= 11 is 0. The fraction of sp³-hybridized carbons (Fsp3) is 0.500. The van der Waals surface area contributed by atoms with Gasteiger partial charge in [0.05, 0.1) is 12.0 Å². The normalized spacial score (nSPS) is 13.8. The van der Waals surface area contributed by atoms with Crippen LogP contribution in [0.2, 0.25) is 19.6 Å². The maximum Gasteiger partial charge on any atom is 0.313 e. The third kappa shape index (κ3) is 6.18. The molecular formula is C18H26O2Si. The van der Waals surface area contributed by atoms with Crippen LogP contribution in [-0.2, 0) is 16.0 Å². The van der Waals surface area contributed by atoms with Crippen molar-refractivity contribution in [2.45, 2.75) is 46.3 Å². The average Bonchev–Trinajstić information content (AvgIpc) is 2.38. The predicted octanol–water partition coefficient (Wildman–Crippen LogP) is 4.07. The molecule has 0 saturated carbocycles. The minimum absolute atomic E-state index is 0.154. The molecule has 1 aromatic carbocycles. The zero-order valence-electron chi connectivity index (χ0n) is 13.8. The summed E-state index contributed by atoms with van der Waals surface area (Å²) in [7, 11) is -1.42. The molecule has 0 aromatic heterocycles. The van der Waals surface area contributed by atoms with Crippen molar-refractivity contribution in [1.29, 1.82) is 0 Å². The zero-order valence-corrected chi connectivity index (χ0v) is 14.8. The van der Waals surface area contributed by atoms with Crippen LogP contribution in [0.15, 0.2) is 30.3 Å². The maximum absolute atomic E-state index is 12.3. The molecule has 0 spiro atoms. The molecule has 0 aliphatic rings. The number of ether oxygens (including phenoxy) is 1. The van der Waals surface area contributed by atoms with Crippen LogP contribution < -0.4 is 0 Å². The highest BCUT2D eigenvalue weighted by Gasteiger charge is 2.34. The molecular weight excluding hydrogens is 276 g/mol. The fourth-order valence-corrected chi connectivity index (χ4v) is 2.68. The number of rotatable bonds is 5. The molecule has 0 radical (unpaired) electrons. The number of carbonyl (C=O) groups is 1. The van der Waals surface area contributed by atoms with E-state index >= 15 is 0 Å². The number of esters is 1. The Morgan fingerprint density at radius 3 is 2.38 bits per heavy atom. The Morgan fingerprint density at radius 2 is 1.86 bits per heavy atom. The molecule has 1 unspecified atom stereocenters. The standard InChI is InChI=1S/C18H26O2Si/c1-6-20-17(19)18(2,13-10-14-21(3,4)5)15-16-11-8-7-9-12-16/h7-9,11-12H,6,13,15H2,1-5H3. The summed E-state index contributed by atoms with van der Waals surface area (Å²) < 4.78 is 5.27. The van der Waals surface area contributed by atoms with E-state index in [1.54, 1.807) is 0 Å². The Bertz CT molecular complexity index is 520. The van der Waals surface area contributed by atoms with Crippen molar-refractivity contribution in [1.82, 2.24) is 0 Å². The van der Waals surface area contributed by atoms with E-state index in [1.807, 2.05) is 44.2 Å². The summed E-state index contributed by atoms with van der Waals surface area (Å²) in [6.45, 7) is 10.8. The van der Waals surface area contributed by atoms with Gasteiger partial charge < -0.3 is 4.74 Å². The van der Waals surface area contributed by atoms with Crippen LogP contribution >= 0.6 is 0 Å². The first-order valence-electron chi connectivity index (χ1n) is 7.48. The van der Waals surface area contributed by atoms with Gasteiger partial charge in [0.15, 0.2) is 0 Å². The van der Waals surface area contributed by atoms with E-state index in [1.165, 1.54) is 0 Å². The Hall–Kier alpha value is -1.53. The molecule has 2 nitrogen and oxygen atoms in total. The van der Waals surface area contributed by atoms with Crippen molar-refractivity contribution in [3.05, 3.63) is 35.9 Å². The van der Waals surface area contributed by atoms with Gasteiger partial charge in [-0.15, -0.1) is 11.5 Å². The third-order valence-electron chi connectivity index (χ3n) is 3.15. The summed E-state index contributed by atoms with van der Waals surface area (Å²) in [6, 6.07) is 10.1. The molecule has 114 valence electrons. The van der Waals surface area contributed by atoms with Crippen molar-refractivity contribution >= 4 is 14.0 Å². The lowest BCUT2D eigenvalue weighted by atomic mass is 9.81. The van der Waals surface area contributed by atoms with Gasteiger partial charge in [-0.3, -0.25) is 4.79 Å². The molecule has 3 heteroatoms. The van der Waals surface area contributed by atoms with E-state index in [2.05, 4.69) is 31.1 Å². The van der Waals surface area contributed by atoms with Gasteiger partial charge in [0.25, 0.3) is 0 Å². The van der Waals surface area contributed by atoms with Crippen LogP contribution in [0.4, 0.5) is 0 Å². The van der Waals surface area contributed by atoms with Crippen molar-refractivity contribution in [3.63, 3.8) is 0 Å². The van der Waals surface area contributed by atoms with Gasteiger partial charge in [0.2, 0.25) is 0 Å². The van der Waals surface area contributed by atoms with E-state index in [-0.39, 0.29) is 5.97 Å². The smallest absolute Gasteiger partial charge is 0.313 e. The predicted molar refractivity (Wildman–Crippen MR) is 90.6 cm³/mol. The topological polar surface area (TPSA) is 26.3 Å². The van der Waals surface area contributed by atoms with Crippen LogP contribution in [-0.4, -0.2) is 20.7 Å². The molecule has 0 amide bonds. The first-order valence-corrected chi connectivity index (χ1v) is 11.0. The van der Waals surface area contributed by atoms with Crippen LogP contribution in [0.3, 0.4) is 0 Å². The second kappa shape index (κ2) is 7.47. The lowest BCUT2D eigenvalue weighted by molar-refractivity contribution is -0.154. The Balaban J connectivity index is 2.94. The van der Waals surface area contributed by atoms with Crippen molar-refractivity contribution < 1.29 is 9.53 Å². The molecule has 1 rings (SSSR count). The van der Waals surface area contributed by atoms with Crippen LogP contribution in [0, 0.1) is 16.9 Å². The Labute approximate surface area is 129 Å². The van der Waals surface area contributed by atoms with Gasteiger partial charge in [-0.1, -0.05) is 50.0 Å². The van der Waals surface area contributed by atoms with Gasteiger partial charge >= 0.3 is 5.97 Å². The molecule has 1 atom stereocenters. The van der Waals surface area contributed by atoms with Crippen molar-refractivity contribution in [2.75, 3.05) is 6.61 Å². The zero-order chi connectivity index (χ0) is 15.9. The Morgan fingerprint density at radius 1 is 1.24 bits per heavy atom. The molecule has 0 saturated heterocycles. The van der Waals surface area contributed by atoms with Gasteiger partial charge in [-0.2, -0.15) is 0 Å². The number of benzene rings is 1. The molecule has 0 heterocycles. The lowest BCUT2D eigenvalue weighted by Gasteiger charge is -2.25. The molecule has 0 bridgehead atoms. The summed E-state index contributed by atoms with van der Waals surface area (Å²) in [5, 5.41) is 0. The van der Waals surface area contributed by atoms with Crippen molar-refractivity contribution in [2.24, 2.45) is 5.41 Å². The molecule has 0 N–H and O–H groups in total.